The Morgan fingerprint density at radius 2 is 2.00 bits per heavy atom. The van der Waals surface area contributed by atoms with Gasteiger partial charge in [-0.05, 0) is 18.2 Å². The quantitative estimate of drug-likeness (QED) is 0.450. The van der Waals surface area contributed by atoms with E-state index >= 15 is 0 Å². The van der Waals surface area contributed by atoms with Crippen LogP contribution in [-0.4, -0.2) is 20.2 Å². The van der Waals surface area contributed by atoms with Gasteiger partial charge in [-0.25, -0.2) is 4.98 Å². The van der Waals surface area contributed by atoms with Crippen molar-refractivity contribution in [2.24, 2.45) is 5.73 Å². The van der Waals surface area contributed by atoms with Crippen LogP contribution >= 0.6 is 0 Å². The van der Waals surface area contributed by atoms with Gasteiger partial charge in [-0.15, -0.1) is 0 Å². The molecule has 3 heterocycles. The molecule has 0 aliphatic rings. The van der Waals surface area contributed by atoms with Crippen LogP contribution in [0.25, 0.3) is 33.1 Å². The number of aromatic nitrogens is 4. The number of hydrogen-bond donors (Lipinski definition) is 4. The molecule has 0 saturated heterocycles. The summed E-state index contributed by atoms with van der Waals surface area (Å²) in [5.74, 6) is 0.509. The van der Waals surface area contributed by atoms with Crippen LogP contribution in [-0.2, 0) is 6.54 Å². The zero-order valence-corrected chi connectivity index (χ0v) is 11.2. The zero-order valence-electron chi connectivity index (χ0n) is 11.2. The van der Waals surface area contributed by atoms with Gasteiger partial charge in [0.25, 0.3) is 0 Å². The summed E-state index contributed by atoms with van der Waals surface area (Å²) in [6.07, 6.45) is 1.73. The standard InChI is InChI=1S/C15H14N6/c16-7-9-6-11-14(19-9)10-2-1-8(12-3-4-18-21-12)5-13(10)20-15(11)17/h1-6,19H,7,16H2,(H2,17,20)(H,18,21). The molecule has 3 aromatic heterocycles. The van der Waals surface area contributed by atoms with Gasteiger partial charge in [0.1, 0.15) is 5.82 Å². The van der Waals surface area contributed by atoms with Gasteiger partial charge in [-0.2, -0.15) is 5.10 Å². The number of nitrogen functional groups attached to an aromatic ring is 1. The van der Waals surface area contributed by atoms with Crippen molar-refractivity contribution in [2.75, 3.05) is 5.73 Å². The molecule has 6 heteroatoms. The Balaban J connectivity index is 2.02. The summed E-state index contributed by atoms with van der Waals surface area (Å²) in [5.41, 5.74) is 16.5. The first kappa shape index (κ1) is 11.9. The lowest BCUT2D eigenvalue weighted by atomic mass is 10.1. The summed E-state index contributed by atoms with van der Waals surface area (Å²) in [6, 6.07) is 9.96. The third-order valence-corrected chi connectivity index (χ3v) is 3.69. The molecule has 21 heavy (non-hydrogen) atoms. The smallest absolute Gasteiger partial charge is 0.133 e. The molecule has 0 bridgehead atoms. The normalized spacial score (nSPS) is 11.5. The number of rotatable bonds is 2. The second-order valence-electron chi connectivity index (χ2n) is 4.99. The van der Waals surface area contributed by atoms with Crippen LogP contribution in [0.1, 0.15) is 5.69 Å². The first-order valence-electron chi connectivity index (χ1n) is 6.67. The number of hydrogen-bond acceptors (Lipinski definition) is 4. The van der Waals surface area contributed by atoms with Crippen molar-refractivity contribution in [1.82, 2.24) is 20.2 Å². The Labute approximate surface area is 120 Å². The number of nitrogens with one attached hydrogen (secondary N) is 2. The highest BCUT2D eigenvalue weighted by Gasteiger charge is 2.10. The van der Waals surface area contributed by atoms with Gasteiger partial charge < -0.3 is 16.5 Å². The molecule has 6 nitrogen and oxygen atoms in total. The van der Waals surface area contributed by atoms with Crippen LogP contribution in [0.5, 0.6) is 0 Å². The molecule has 6 N–H and O–H groups in total. The molecule has 0 atom stereocenters. The molecule has 4 aromatic rings. The molecule has 104 valence electrons. The van der Waals surface area contributed by atoms with Gasteiger partial charge in [-0.3, -0.25) is 5.10 Å². The van der Waals surface area contributed by atoms with E-state index in [0.29, 0.717) is 12.4 Å². The number of nitrogens with two attached hydrogens (primary N) is 2. The van der Waals surface area contributed by atoms with Crippen molar-refractivity contribution in [3.63, 3.8) is 0 Å². The van der Waals surface area contributed by atoms with E-state index in [4.69, 9.17) is 11.5 Å². The van der Waals surface area contributed by atoms with Crippen LogP contribution in [0, 0.1) is 0 Å². The van der Waals surface area contributed by atoms with Gasteiger partial charge in [-0.1, -0.05) is 12.1 Å². The summed E-state index contributed by atoms with van der Waals surface area (Å²) in [4.78, 5) is 7.82. The van der Waals surface area contributed by atoms with E-state index in [0.717, 1.165) is 38.8 Å². The van der Waals surface area contributed by atoms with Gasteiger partial charge in [0, 0.05) is 34.8 Å². The molecule has 0 spiro atoms. The maximum Gasteiger partial charge on any atom is 0.133 e. The SMILES string of the molecule is NCc1cc2c(N)nc3cc(-c4ccn[nH]4)ccc3c2[nH]1. The predicted molar refractivity (Wildman–Crippen MR) is 83.5 cm³/mol. The molecule has 0 amide bonds. The number of nitrogens with zero attached hydrogens (tertiary/aromatic N) is 2. The second kappa shape index (κ2) is 4.32. The fourth-order valence-corrected chi connectivity index (χ4v) is 2.64. The first-order valence-corrected chi connectivity index (χ1v) is 6.67. The number of benzene rings is 1. The Morgan fingerprint density at radius 3 is 2.76 bits per heavy atom. The van der Waals surface area contributed by atoms with Gasteiger partial charge >= 0.3 is 0 Å². The summed E-state index contributed by atoms with van der Waals surface area (Å²) in [5, 5.41) is 8.86. The monoisotopic (exact) mass is 278 g/mol. The third kappa shape index (κ3) is 1.77. The topological polar surface area (TPSA) is 109 Å². The minimum atomic E-state index is 0.446. The van der Waals surface area contributed by atoms with Crippen molar-refractivity contribution >= 4 is 27.6 Å². The molecule has 0 fully saturated rings. The Bertz CT molecular complexity index is 936. The maximum absolute atomic E-state index is 6.07. The number of aromatic amines is 2. The van der Waals surface area contributed by atoms with Crippen LogP contribution in [0.3, 0.4) is 0 Å². The van der Waals surface area contributed by atoms with Crippen molar-refractivity contribution in [3.05, 3.63) is 42.2 Å². The average Bonchev–Trinajstić information content (AvgIpc) is 3.16. The largest absolute Gasteiger partial charge is 0.383 e. The Hall–Kier alpha value is -2.86. The lowest BCUT2D eigenvalue weighted by molar-refractivity contribution is 1.02. The van der Waals surface area contributed by atoms with Crippen LogP contribution in [0.2, 0.25) is 0 Å². The summed E-state index contributed by atoms with van der Waals surface area (Å²) in [7, 11) is 0. The molecule has 0 aliphatic carbocycles. The van der Waals surface area contributed by atoms with Crippen molar-refractivity contribution in [1.29, 1.82) is 0 Å². The van der Waals surface area contributed by atoms with E-state index in [2.05, 4.69) is 20.2 Å². The lowest BCUT2D eigenvalue weighted by Crippen LogP contribution is -1.95. The number of anilines is 1. The van der Waals surface area contributed by atoms with Gasteiger partial charge in [0.2, 0.25) is 0 Å². The molecule has 0 aliphatic heterocycles. The van der Waals surface area contributed by atoms with E-state index < -0.39 is 0 Å². The van der Waals surface area contributed by atoms with E-state index in [1.807, 2.05) is 30.3 Å². The van der Waals surface area contributed by atoms with Crippen LogP contribution in [0.15, 0.2) is 36.5 Å². The highest BCUT2D eigenvalue weighted by molar-refractivity contribution is 6.08. The fourth-order valence-electron chi connectivity index (χ4n) is 2.64. The van der Waals surface area contributed by atoms with Crippen molar-refractivity contribution in [2.45, 2.75) is 6.54 Å². The molecule has 4 rings (SSSR count). The minimum absolute atomic E-state index is 0.446. The number of H-pyrrole nitrogens is 2. The van der Waals surface area contributed by atoms with E-state index in [9.17, 15) is 0 Å². The molecule has 1 aromatic carbocycles. The number of pyridine rings is 1. The lowest BCUT2D eigenvalue weighted by Gasteiger charge is -2.04. The highest BCUT2D eigenvalue weighted by atomic mass is 15.1. The zero-order chi connectivity index (χ0) is 14.4. The average molecular weight is 278 g/mol. The molecule has 0 unspecified atom stereocenters. The van der Waals surface area contributed by atoms with Gasteiger partial charge in [0.15, 0.2) is 0 Å². The summed E-state index contributed by atoms with van der Waals surface area (Å²) < 4.78 is 0. The van der Waals surface area contributed by atoms with E-state index in [-0.39, 0.29) is 0 Å². The summed E-state index contributed by atoms with van der Waals surface area (Å²) in [6.45, 7) is 0.446. The molecule has 0 saturated carbocycles. The fraction of sp³-hybridized carbons (Fsp3) is 0.0667. The maximum atomic E-state index is 6.07. The second-order valence-corrected chi connectivity index (χ2v) is 4.99. The number of fused-ring (bicyclic) bond motifs is 3. The van der Waals surface area contributed by atoms with Gasteiger partial charge in [0.05, 0.1) is 16.7 Å². The van der Waals surface area contributed by atoms with E-state index in [1.165, 1.54) is 0 Å². The Kier molecular flexibility index (Phi) is 2.45. The highest BCUT2D eigenvalue weighted by Crippen LogP contribution is 2.30. The van der Waals surface area contributed by atoms with Crippen LogP contribution < -0.4 is 11.5 Å². The minimum Gasteiger partial charge on any atom is -0.383 e. The predicted octanol–water partition coefficient (Wildman–Crippen LogP) is 2.15. The van der Waals surface area contributed by atoms with E-state index in [1.54, 1.807) is 6.20 Å². The summed E-state index contributed by atoms with van der Waals surface area (Å²) >= 11 is 0. The Morgan fingerprint density at radius 1 is 1.10 bits per heavy atom. The third-order valence-electron chi connectivity index (χ3n) is 3.69. The first-order chi connectivity index (χ1) is 10.3. The van der Waals surface area contributed by atoms with Crippen molar-refractivity contribution in [3.8, 4) is 11.3 Å². The van der Waals surface area contributed by atoms with Crippen LogP contribution in [0.4, 0.5) is 5.82 Å². The molecular formula is C15H14N6. The van der Waals surface area contributed by atoms with Crippen molar-refractivity contribution < 1.29 is 0 Å². The molecular weight excluding hydrogens is 264 g/mol. The molecule has 0 radical (unpaired) electrons.